The average molecular weight is 663 g/mol. The van der Waals surface area contributed by atoms with Crippen LogP contribution in [0.15, 0.2) is 53.4 Å². The standard InChI is InChI=1S/C33H50N4O8S/c1-6-25(4)18-33(40)37(35-32(39)21-34-14-15-43-5)28(19-26-10-8-7-9-11-26)29(38)23-36(22-24(2)3)46(41,42)27-12-13-30-31(20-27)45-17-16-44-30/h7-13,20,24-25,28-29,34,38H,6,14-19,21-23H2,1-5H3,(H,35,39)/t25-,28?,29+/m0/s1. The van der Waals surface area contributed by atoms with Crippen molar-refractivity contribution >= 4 is 21.8 Å². The van der Waals surface area contributed by atoms with Crippen molar-refractivity contribution in [3.8, 4) is 11.5 Å². The molecule has 0 aromatic heterocycles. The number of aliphatic hydroxyl groups excluding tert-OH is 1. The highest BCUT2D eigenvalue weighted by molar-refractivity contribution is 7.89. The number of hydrogen-bond acceptors (Lipinski definition) is 9. The fourth-order valence-electron chi connectivity index (χ4n) is 5.02. The molecule has 1 heterocycles. The van der Waals surface area contributed by atoms with E-state index in [2.05, 4.69) is 10.7 Å². The molecule has 1 aliphatic rings. The Balaban J connectivity index is 1.97. The van der Waals surface area contributed by atoms with Crippen molar-refractivity contribution in [1.29, 1.82) is 0 Å². The fraction of sp³-hybridized carbons (Fsp3) is 0.576. The van der Waals surface area contributed by atoms with Crippen LogP contribution in [0, 0.1) is 11.8 Å². The summed E-state index contributed by atoms with van der Waals surface area (Å²) in [5, 5.41) is 16.1. The Morgan fingerprint density at radius 1 is 1.02 bits per heavy atom. The minimum atomic E-state index is -4.12. The Morgan fingerprint density at radius 3 is 2.37 bits per heavy atom. The number of rotatable bonds is 18. The monoisotopic (exact) mass is 662 g/mol. The number of hydrogen-bond donors (Lipinski definition) is 3. The van der Waals surface area contributed by atoms with Crippen LogP contribution < -0.4 is 20.2 Å². The molecule has 1 unspecified atom stereocenters. The molecule has 2 aromatic carbocycles. The zero-order valence-corrected chi connectivity index (χ0v) is 28.4. The zero-order chi connectivity index (χ0) is 33.7. The van der Waals surface area contributed by atoms with Crippen molar-refractivity contribution in [1.82, 2.24) is 20.1 Å². The lowest BCUT2D eigenvalue weighted by molar-refractivity contribution is -0.148. The van der Waals surface area contributed by atoms with Gasteiger partial charge in [0.05, 0.1) is 30.2 Å². The zero-order valence-electron chi connectivity index (χ0n) is 27.6. The first-order chi connectivity index (χ1) is 22.0. The fourth-order valence-corrected chi connectivity index (χ4v) is 6.66. The van der Waals surface area contributed by atoms with E-state index in [1.54, 1.807) is 13.2 Å². The third-order valence-electron chi connectivity index (χ3n) is 7.68. The molecule has 0 radical (unpaired) electrons. The van der Waals surface area contributed by atoms with Gasteiger partial charge in [-0.15, -0.1) is 0 Å². The van der Waals surface area contributed by atoms with Crippen molar-refractivity contribution in [3.05, 3.63) is 54.1 Å². The number of nitrogens with one attached hydrogen (secondary N) is 2. The van der Waals surface area contributed by atoms with Crippen LogP contribution in [0.4, 0.5) is 0 Å². The van der Waals surface area contributed by atoms with E-state index in [1.165, 1.54) is 21.4 Å². The highest BCUT2D eigenvalue weighted by Gasteiger charge is 2.36. The van der Waals surface area contributed by atoms with Crippen molar-refractivity contribution in [2.75, 3.05) is 53.1 Å². The van der Waals surface area contributed by atoms with Crippen molar-refractivity contribution in [2.24, 2.45) is 11.8 Å². The molecule has 0 aliphatic carbocycles. The topological polar surface area (TPSA) is 147 Å². The summed E-state index contributed by atoms with van der Waals surface area (Å²) in [5.74, 6) is -0.0945. The van der Waals surface area contributed by atoms with Gasteiger partial charge in [0, 0.05) is 39.2 Å². The third kappa shape index (κ3) is 10.9. The molecule has 3 atom stereocenters. The summed E-state index contributed by atoms with van der Waals surface area (Å²) >= 11 is 0. The smallest absolute Gasteiger partial charge is 0.252 e. The second kappa shape index (κ2) is 18.2. The average Bonchev–Trinajstić information content (AvgIpc) is 3.04. The van der Waals surface area contributed by atoms with Gasteiger partial charge in [-0.1, -0.05) is 64.4 Å². The van der Waals surface area contributed by atoms with Gasteiger partial charge in [-0.05, 0) is 36.0 Å². The second-order valence-electron chi connectivity index (χ2n) is 12.0. The number of amides is 2. The number of methoxy groups -OCH3 is 1. The van der Waals surface area contributed by atoms with Crippen molar-refractivity contribution < 1.29 is 37.3 Å². The highest BCUT2D eigenvalue weighted by atomic mass is 32.2. The lowest BCUT2D eigenvalue weighted by Gasteiger charge is -2.37. The maximum absolute atomic E-state index is 14.1. The van der Waals surface area contributed by atoms with E-state index in [0.717, 1.165) is 12.0 Å². The second-order valence-corrected chi connectivity index (χ2v) is 14.0. The molecular formula is C33H50N4O8S. The minimum absolute atomic E-state index is 0.00403. The Bertz CT molecular complexity index is 1360. The number of hydrazine groups is 1. The number of fused-ring (bicyclic) bond motifs is 1. The summed E-state index contributed by atoms with van der Waals surface area (Å²) in [5.41, 5.74) is 3.54. The normalized spacial score (nSPS) is 15.0. The molecule has 0 saturated carbocycles. The molecule has 3 N–H and O–H groups in total. The number of carbonyl (C=O) groups is 2. The van der Waals surface area contributed by atoms with E-state index >= 15 is 0 Å². The highest BCUT2D eigenvalue weighted by Crippen LogP contribution is 2.33. The lowest BCUT2D eigenvalue weighted by Crippen LogP contribution is -2.60. The van der Waals surface area contributed by atoms with Gasteiger partial charge in [-0.2, -0.15) is 4.31 Å². The number of benzene rings is 2. The van der Waals surface area contributed by atoms with Gasteiger partial charge in [-0.3, -0.25) is 15.0 Å². The molecule has 0 fully saturated rings. The summed E-state index contributed by atoms with van der Waals surface area (Å²) in [6, 6.07) is 12.8. The lowest BCUT2D eigenvalue weighted by atomic mass is 9.98. The third-order valence-corrected chi connectivity index (χ3v) is 9.50. The minimum Gasteiger partial charge on any atom is -0.486 e. The summed E-state index contributed by atoms with van der Waals surface area (Å²) < 4.78 is 45.6. The molecule has 256 valence electrons. The molecule has 0 spiro atoms. The maximum atomic E-state index is 14.1. The van der Waals surface area contributed by atoms with E-state index in [0.29, 0.717) is 37.9 Å². The number of ether oxygens (including phenoxy) is 3. The molecule has 12 nitrogen and oxygen atoms in total. The summed E-state index contributed by atoms with van der Waals surface area (Å²) in [6.45, 7) is 8.93. The van der Waals surface area contributed by atoms with Gasteiger partial charge in [-0.25, -0.2) is 13.4 Å². The molecule has 1 aliphatic heterocycles. The van der Waals surface area contributed by atoms with Crippen LogP contribution in [0.25, 0.3) is 0 Å². The van der Waals surface area contributed by atoms with Crippen molar-refractivity contribution in [3.63, 3.8) is 0 Å². The molecule has 46 heavy (non-hydrogen) atoms. The summed E-state index contributed by atoms with van der Waals surface area (Å²) in [7, 11) is -2.56. The molecule has 3 rings (SSSR count). The molecule has 0 saturated heterocycles. The number of carbonyl (C=O) groups excluding carboxylic acids is 2. The Hall–Kier alpha value is -3.23. The number of sulfonamides is 1. The van der Waals surface area contributed by atoms with Crippen LogP contribution in [0.1, 0.15) is 46.1 Å². The number of aliphatic hydroxyl groups is 1. The van der Waals surface area contributed by atoms with Gasteiger partial charge < -0.3 is 24.6 Å². The first-order valence-corrected chi connectivity index (χ1v) is 17.3. The van der Waals surface area contributed by atoms with E-state index < -0.39 is 28.1 Å². The Labute approximate surface area is 273 Å². The summed E-state index contributed by atoms with van der Waals surface area (Å²) in [6.07, 6.45) is -0.315. The Morgan fingerprint density at radius 2 is 1.72 bits per heavy atom. The largest absolute Gasteiger partial charge is 0.486 e. The molecule has 2 amide bonds. The molecule has 0 bridgehead atoms. The van der Waals surface area contributed by atoms with E-state index in [-0.39, 0.29) is 55.1 Å². The van der Waals surface area contributed by atoms with E-state index in [1.807, 2.05) is 58.0 Å². The first-order valence-electron chi connectivity index (χ1n) is 15.9. The van der Waals surface area contributed by atoms with Crippen LogP contribution in [0.2, 0.25) is 0 Å². The van der Waals surface area contributed by atoms with Gasteiger partial charge in [0.25, 0.3) is 5.91 Å². The van der Waals surface area contributed by atoms with Gasteiger partial charge >= 0.3 is 0 Å². The summed E-state index contributed by atoms with van der Waals surface area (Å²) in [4.78, 5) is 26.9. The predicted molar refractivity (Wildman–Crippen MR) is 175 cm³/mol. The number of nitrogens with zero attached hydrogens (tertiary/aromatic N) is 2. The van der Waals surface area contributed by atoms with Gasteiger partial charge in [0.15, 0.2) is 11.5 Å². The Kier molecular flexibility index (Phi) is 14.7. The SMILES string of the molecule is CC[C@H](C)CC(=O)N(NC(=O)CNCCOC)C(Cc1ccccc1)[C@H](O)CN(CC(C)C)S(=O)(=O)c1ccc2c(c1)OCCO2. The molecule has 13 heteroatoms. The molecular weight excluding hydrogens is 612 g/mol. The van der Waals surface area contributed by atoms with Crippen molar-refractivity contribution in [2.45, 2.75) is 64.0 Å². The van der Waals surface area contributed by atoms with Gasteiger partial charge in [0.2, 0.25) is 15.9 Å². The first kappa shape index (κ1) is 37.2. The van der Waals surface area contributed by atoms with Crippen LogP contribution in [-0.4, -0.2) is 99.9 Å². The molecule has 2 aromatic rings. The van der Waals surface area contributed by atoms with Crippen LogP contribution in [-0.2, 0) is 30.8 Å². The predicted octanol–water partition coefficient (Wildman–Crippen LogP) is 2.61. The van der Waals surface area contributed by atoms with Crippen LogP contribution in [0.5, 0.6) is 11.5 Å². The van der Waals surface area contributed by atoms with Crippen LogP contribution >= 0.6 is 0 Å². The van der Waals surface area contributed by atoms with Crippen LogP contribution in [0.3, 0.4) is 0 Å². The van der Waals surface area contributed by atoms with E-state index in [9.17, 15) is 23.1 Å². The van der Waals surface area contributed by atoms with Gasteiger partial charge in [0.1, 0.15) is 13.2 Å². The maximum Gasteiger partial charge on any atom is 0.252 e. The van der Waals surface area contributed by atoms with E-state index in [4.69, 9.17) is 14.2 Å². The quantitative estimate of drug-likeness (QED) is 0.162.